The first-order valence-corrected chi connectivity index (χ1v) is 10.4. The van der Waals surface area contributed by atoms with E-state index < -0.39 is 0 Å². The summed E-state index contributed by atoms with van der Waals surface area (Å²) in [5.41, 5.74) is 3.53. The van der Waals surface area contributed by atoms with Crippen LogP contribution in [0, 0.1) is 6.92 Å². The Bertz CT molecular complexity index is 956. The van der Waals surface area contributed by atoms with Crippen molar-refractivity contribution in [1.82, 2.24) is 9.97 Å². The molecular weight excluding hydrogens is 374 g/mol. The molecule has 6 nitrogen and oxygen atoms in total. The third-order valence-electron chi connectivity index (χ3n) is 4.82. The van der Waals surface area contributed by atoms with E-state index in [1.165, 1.54) is 23.3 Å². The fraction of sp³-hybridized carbons (Fsp3) is 0.381. The van der Waals surface area contributed by atoms with Gasteiger partial charge in [0.15, 0.2) is 23.0 Å². The molecule has 1 amide bonds. The Hall–Kier alpha value is -2.51. The van der Waals surface area contributed by atoms with Gasteiger partial charge in [-0.3, -0.25) is 10.1 Å². The number of aryl methyl sites for hydroxylation is 2. The molecule has 0 bridgehead atoms. The van der Waals surface area contributed by atoms with Crippen LogP contribution in [-0.2, 0) is 11.2 Å². The van der Waals surface area contributed by atoms with Gasteiger partial charge in [-0.1, -0.05) is 37.6 Å². The Morgan fingerprint density at radius 3 is 2.86 bits per heavy atom. The molecular formula is C21H23N3O3S. The number of thiazole rings is 1. The number of carbonyl (C=O) groups excluding carboxylic acids is 1. The molecule has 1 atom stereocenters. The highest BCUT2D eigenvalue weighted by Crippen LogP contribution is 2.33. The first-order chi connectivity index (χ1) is 13.7. The molecule has 3 heterocycles. The first kappa shape index (κ1) is 18.8. The van der Waals surface area contributed by atoms with Gasteiger partial charge in [0.25, 0.3) is 5.91 Å². The molecule has 1 aliphatic heterocycles. The average molecular weight is 398 g/mol. The smallest absolute Gasteiger partial charge is 0.279 e. The molecule has 2 aromatic heterocycles. The monoisotopic (exact) mass is 397 g/mol. The van der Waals surface area contributed by atoms with Gasteiger partial charge in [0.2, 0.25) is 0 Å². The Morgan fingerprint density at radius 2 is 2.14 bits per heavy atom. The molecule has 146 valence electrons. The van der Waals surface area contributed by atoms with Crippen LogP contribution < -0.4 is 5.32 Å². The molecule has 1 unspecified atom stereocenters. The largest absolute Gasteiger partial charge is 0.445 e. The van der Waals surface area contributed by atoms with Crippen LogP contribution in [0.1, 0.15) is 59.0 Å². The van der Waals surface area contributed by atoms with Crippen molar-refractivity contribution < 1.29 is 13.9 Å². The zero-order valence-electron chi connectivity index (χ0n) is 16.0. The highest BCUT2D eigenvalue weighted by molar-refractivity contribution is 7.16. The van der Waals surface area contributed by atoms with Crippen molar-refractivity contribution in [3.05, 3.63) is 52.6 Å². The van der Waals surface area contributed by atoms with Crippen LogP contribution in [0.3, 0.4) is 0 Å². The summed E-state index contributed by atoms with van der Waals surface area (Å²) in [5, 5.41) is 3.41. The molecule has 3 aromatic rings. The standard InChI is InChI=1S/C21H23N3O3S/c1-3-5-14-7-9-15(10-8-14)17-13(2)28-21(23-17)24-20(25)18-19(27-12-22-18)16-6-4-11-26-16/h7-10,12,16H,3-6,11H2,1-2H3,(H,23,24,25). The van der Waals surface area contributed by atoms with Crippen molar-refractivity contribution in [1.29, 1.82) is 0 Å². The molecule has 1 N–H and O–H groups in total. The molecule has 1 saturated heterocycles. The number of amides is 1. The summed E-state index contributed by atoms with van der Waals surface area (Å²) in [6, 6.07) is 8.45. The molecule has 7 heteroatoms. The number of oxazole rings is 1. The topological polar surface area (TPSA) is 77.3 Å². The van der Waals surface area contributed by atoms with Crippen molar-refractivity contribution >= 4 is 22.4 Å². The van der Waals surface area contributed by atoms with Gasteiger partial charge in [-0.25, -0.2) is 9.97 Å². The summed E-state index contributed by atoms with van der Waals surface area (Å²) in [5.74, 6) is 0.174. The van der Waals surface area contributed by atoms with Crippen LogP contribution in [-0.4, -0.2) is 22.5 Å². The summed E-state index contributed by atoms with van der Waals surface area (Å²) in [6.07, 6.45) is 5.09. The number of anilines is 1. The second-order valence-electron chi connectivity index (χ2n) is 6.89. The maximum Gasteiger partial charge on any atom is 0.279 e. The van der Waals surface area contributed by atoms with E-state index in [0.29, 0.717) is 17.5 Å². The number of hydrogen-bond acceptors (Lipinski definition) is 6. The lowest BCUT2D eigenvalue weighted by atomic mass is 10.1. The minimum atomic E-state index is -0.321. The third-order valence-corrected chi connectivity index (χ3v) is 5.70. The van der Waals surface area contributed by atoms with Crippen molar-refractivity contribution in [2.24, 2.45) is 0 Å². The molecule has 28 heavy (non-hydrogen) atoms. The molecule has 0 aliphatic carbocycles. The van der Waals surface area contributed by atoms with Crippen molar-refractivity contribution in [3.8, 4) is 11.3 Å². The molecule has 0 radical (unpaired) electrons. The predicted molar refractivity (Wildman–Crippen MR) is 109 cm³/mol. The maximum absolute atomic E-state index is 12.7. The number of nitrogens with one attached hydrogen (secondary N) is 1. The minimum Gasteiger partial charge on any atom is -0.445 e. The van der Waals surface area contributed by atoms with Gasteiger partial charge in [-0.2, -0.15) is 0 Å². The SMILES string of the molecule is CCCc1ccc(-c2nc(NC(=O)c3ncoc3C3CCCO3)sc2C)cc1. The fourth-order valence-electron chi connectivity index (χ4n) is 3.43. The Morgan fingerprint density at radius 1 is 1.32 bits per heavy atom. The summed E-state index contributed by atoms with van der Waals surface area (Å²) in [4.78, 5) is 22.5. The van der Waals surface area contributed by atoms with Gasteiger partial charge >= 0.3 is 0 Å². The maximum atomic E-state index is 12.7. The van der Waals surface area contributed by atoms with Crippen molar-refractivity contribution in [2.45, 2.75) is 45.6 Å². The average Bonchev–Trinajstić information content (AvgIpc) is 3.43. The lowest BCUT2D eigenvalue weighted by Crippen LogP contribution is -2.15. The van der Waals surface area contributed by atoms with Gasteiger partial charge in [-0.05, 0) is 31.7 Å². The second kappa shape index (κ2) is 8.24. The zero-order chi connectivity index (χ0) is 19.5. The number of rotatable bonds is 6. The van der Waals surface area contributed by atoms with E-state index in [4.69, 9.17) is 9.15 Å². The second-order valence-corrected chi connectivity index (χ2v) is 8.09. The van der Waals surface area contributed by atoms with Crippen LogP contribution in [0.5, 0.6) is 0 Å². The quantitative estimate of drug-likeness (QED) is 0.621. The van der Waals surface area contributed by atoms with Gasteiger partial charge in [0.1, 0.15) is 6.10 Å². The van der Waals surface area contributed by atoms with E-state index in [-0.39, 0.29) is 17.7 Å². The lowest BCUT2D eigenvalue weighted by molar-refractivity contribution is 0.0889. The highest BCUT2D eigenvalue weighted by atomic mass is 32.1. The van der Waals surface area contributed by atoms with Crippen LogP contribution >= 0.6 is 11.3 Å². The van der Waals surface area contributed by atoms with E-state index in [9.17, 15) is 4.79 Å². The normalized spacial score (nSPS) is 16.4. The molecule has 0 spiro atoms. The van der Waals surface area contributed by atoms with E-state index in [0.717, 1.165) is 41.8 Å². The Kier molecular flexibility index (Phi) is 5.54. The number of benzene rings is 1. The molecule has 1 aromatic carbocycles. The summed E-state index contributed by atoms with van der Waals surface area (Å²) in [7, 11) is 0. The summed E-state index contributed by atoms with van der Waals surface area (Å²) >= 11 is 1.45. The van der Waals surface area contributed by atoms with Gasteiger partial charge in [0.05, 0.1) is 5.69 Å². The minimum absolute atomic E-state index is 0.196. The third kappa shape index (κ3) is 3.86. The fourth-order valence-corrected chi connectivity index (χ4v) is 4.26. The number of nitrogens with zero attached hydrogens (tertiary/aromatic N) is 2. The van der Waals surface area contributed by atoms with E-state index in [1.54, 1.807) is 0 Å². The van der Waals surface area contributed by atoms with Crippen LogP contribution in [0.2, 0.25) is 0 Å². The first-order valence-electron chi connectivity index (χ1n) is 9.58. The van der Waals surface area contributed by atoms with Gasteiger partial charge in [-0.15, -0.1) is 11.3 Å². The number of carbonyl (C=O) groups is 1. The van der Waals surface area contributed by atoms with Crippen molar-refractivity contribution in [2.75, 3.05) is 11.9 Å². The number of aromatic nitrogens is 2. The zero-order valence-corrected chi connectivity index (χ0v) is 16.8. The Balaban J connectivity index is 1.51. The van der Waals surface area contributed by atoms with Gasteiger partial charge < -0.3 is 9.15 Å². The number of ether oxygens (including phenoxy) is 1. The summed E-state index contributed by atoms with van der Waals surface area (Å²) < 4.78 is 11.0. The molecule has 4 rings (SSSR count). The molecule has 0 saturated carbocycles. The van der Waals surface area contributed by atoms with Crippen LogP contribution in [0.25, 0.3) is 11.3 Å². The van der Waals surface area contributed by atoms with E-state index in [1.807, 2.05) is 6.92 Å². The lowest BCUT2D eigenvalue weighted by Gasteiger charge is -2.07. The molecule has 1 aliphatic rings. The summed E-state index contributed by atoms with van der Waals surface area (Å²) in [6.45, 7) is 4.86. The van der Waals surface area contributed by atoms with Gasteiger partial charge in [0, 0.05) is 17.0 Å². The van der Waals surface area contributed by atoms with Crippen molar-refractivity contribution in [3.63, 3.8) is 0 Å². The van der Waals surface area contributed by atoms with E-state index in [2.05, 4.69) is 46.5 Å². The Labute approximate surface area is 168 Å². The number of hydrogen-bond donors (Lipinski definition) is 1. The van der Waals surface area contributed by atoms with Crippen LogP contribution in [0.4, 0.5) is 5.13 Å². The van der Waals surface area contributed by atoms with Crippen LogP contribution in [0.15, 0.2) is 35.1 Å². The molecule has 1 fully saturated rings. The van der Waals surface area contributed by atoms with E-state index >= 15 is 0 Å². The predicted octanol–water partition coefficient (Wildman–Crippen LogP) is 5.16. The highest BCUT2D eigenvalue weighted by Gasteiger charge is 2.28.